The highest BCUT2D eigenvalue weighted by molar-refractivity contribution is 7.85. The van der Waals surface area contributed by atoms with Crippen molar-refractivity contribution in [1.82, 2.24) is 0 Å². The number of carbonyl (C=O) groups is 1. The first-order valence-electron chi connectivity index (χ1n) is 6.83. The summed E-state index contributed by atoms with van der Waals surface area (Å²) in [6.07, 6.45) is -10.5. The molecule has 1 aromatic carbocycles. The second-order valence-electron chi connectivity index (χ2n) is 5.05. The van der Waals surface area contributed by atoms with E-state index in [1.54, 1.807) is 0 Å². The number of anilines is 1. The molecule has 0 fully saturated rings. The highest BCUT2D eigenvalue weighted by Crippen LogP contribution is 2.35. The van der Waals surface area contributed by atoms with Crippen LogP contribution in [0.4, 0.5) is 32.0 Å². The highest BCUT2D eigenvalue weighted by atomic mass is 32.2. The molecule has 144 valence electrons. The van der Waals surface area contributed by atoms with Gasteiger partial charge in [-0.15, -0.1) is 0 Å². The molecule has 0 saturated carbocycles. The molecule has 2 atom stereocenters. The lowest BCUT2D eigenvalue weighted by Gasteiger charge is -2.28. The molecule has 12 heteroatoms. The van der Waals surface area contributed by atoms with Gasteiger partial charge in [0.1, 0.15) is 0 Å². The van der Waals surface area contributed by atoms with Gasteiger partial charge in [-0.1, -0.05) is 6.92 Å². The maximum absolute atomic E-state index is 13.1. The average Bonchev–Trinajstić information content (AvgIpc) is 2.52. The van der Waals surface area contributed by atoms with Gasteiger partial charge in [-0.3, -0.25) is 9.00 Å². The first-order valence-corrected chi connectivity index (χ1v) is 8.32. The van der Waals surface area contributed by atoms with E-state index >= 15 is 0 Å². The quantitative estimate of drug-likeness (QED) is 0.741. The minimum atomic E-state index is -5.51. The molecule has 0 heterocycles. The van der Waals surface area contributed by atoms with Crippen molar-refractivity contribution in [3.05, 3.63) is 29.3 Å². The number of hydrogen-bond acceptors (Lipinski definition) is 4. The van der Waals surface area contributed by atoms with Gasteiger partial charge < -0.3 is 10.4 Å². The number of aliphatic hydroxyl groups is 1. The summed E-state index contributed by atoms with van der Waals surface area (Å²) in [5.41, 5.74) is -7.04. The Morgan fingerprint density at radius 2 is 1.85 bits per heavy atom. The van der Waals surface area contributed by atoms with Gasteiger partial charge in [0.05, 0.1) is 22.9 Å². The summed E-state index contributed by atoms with van der Waals surface area (Å²) in [6.45, 7) is 1.26. The molecule has 0 aromatic heterocycles. The van der Waals surface area contributed by atoms with E-state index in [4.69, 9.17) is 5.26 Å². The number of carbonyl (C=O) groups excluding carboxylic acids is 1. The van der Waals surface area contributed by atoms with Crippen LogP contribution in [0.1, 0.15) is 18.1 Å². The van der Waals surface area contributed by atoms with Crippen LogP contribution >= 0.6 is 0 Å². The zero-order valence-corrected chi connectivity index (χ0v) is 13.8. The molecule has 5 nitrogen and oxygen atoms in total. The largest absolute Gasteiger partial charge is 0.427 e. The van der Waals surface area contributed by atoms with Gasteiger partial charge in [0.15, 0.2) is 0 Å². The summed E-state index contributed by atoms with van der Waals surface area (Å²) < 4.78 is 89.2. The third-order valence-corrected chi connectivity index (χ3v) is 4.62. The lowest BCUT2D eigenvalue weighted by atomic mass is 10.0. The van der Waals surface area contributed by atoms with Gasteiger partial charge in [0.2, 0.25) is 0 Å². The summed E-state index contributed by atoms with van der Waals surface area (Å²) in [5, 5.41) is 19.9. The van der Waals surface area contributed by atoms with Crippen molar-refractivity contribution in [3.8, 4) is 6.07 Å². The van der Waals surface area contributed by atoms with Gasteiger partial charge in [0, 0.05) is 22.2 Å². The number of nitrogens with zero attached hydrogens (tertiary/aromatic N) is 1. The van der Waals surface area contributed by atoms with Crippen LogP contribution in [-0.4, -0.2) is 38.5 Å². The molecule has 0 aliphatic heterocycles. The fourth-order valence-electron chi connectivity index (χ4n) is 1.80. The van der Waals surface area contributed by atoms with Crippen LogP contribution in [-0.2, 0) is 21.8 Å². The topological polar surface area (TPSA) is 90.2 Å². The molecule has 1 amide bonds. The Morgan fingerprint density at radius 1 is 1.27 bits per heavy atom. The third kappa shape index (κ3) is 4.73. The molecule has 26 heavy (non-hydrogen) atoms. The smallest absolute Gasteiger partial charge is 0.372 e. The van der Waals surface area contributed by atoms with Crippen molar-refractivity contribution in [1.29, 1.82) is 5.26 Å². The summed E-state index contributed by atoms with van der Waals surface area (Å²) in [5.74, 6) is -3.83. The lowest BCUT2D eigenvalue weighted by Crippen LogP contribution is -2.58. The summed E-state index contributed by atoms with van der Waals surface area (Å²) >= 11 is 0. The number of halogens is 6. The van der Waals surface area contributed by atoms with E-state index in [9.17, 15) is 40.5 Å². The number of nitriles is 1. The van der Waals surface area contributed by atoms with Crippen LogP contribution in [0.2, 0.25) is 0 Å². The number of hydrogen-bond donors (Lipinski definition) is 2. The van der Waals surface area contributed by atoms with Gasteiger partial charge >= 0.3 is 12.4 Å². The summed E-state index contributed by atoms with van der Waals surface area (Å²) in [4.78, 5) is 11.9. The first-order chi connectivity index (χ1) is 11.8. The van der Waals surface area contributed by atoms with Crippen molar-refractivity contribution < 1.29 is 40.5 Å². The second-order valence-corrected chi connectivity index (χ2v) is 6.80. The van der Waals surface area contributed by atoms with E-state index in [2.05, 4.69) is 0 Å². The molecule has 0 aliphatic carbocycles. The number of benzene rings is 1. The molecule has 0 radical (unpaired) electrons. The maximum atomic E-state index is 13.1. The van der Waals surface area contributed by atoms with Crippen molar-refractivity contribution in [2.24, 2.45) is 0 Å². The van der Waals surface area contributed by atoms with E-state index in [0.29, 0.717) is 6.07 Å². The van der Waals surface area contributed by atoms with Crippen LogP contribution in [0, 0.1) is 11.3 Å². The number of amides is 1. The van der Waals surface area contributed by atoms with Crippen LogP contribution in [0.5, 0.6) is 0 Å². The van der Waals surface area contributed by atoms with Gasteiger partial charge in [-0.2, -0.15) is 31.6 Å². The van der Waals surface area contributed by atoms with Crippen molar-refractivity contribution in [2.45, 2.75) is 24.9 Å². The second kappa shape index (κ2) is 7.63. The van der Waals surface area contributed by atoms with E-state index in [1.165, 1.54) is 18.3 Å². The molecule has 0 aliphatic rings. The minimum Gasteiger partial charge on any atom is -0.372 e. The van der Waals surface area contributed by atoms with E-state index in [1.807, 2.05) is 0 Å². The zero-order valence-electron chi connectivity index (χ0n) is 13.0. The molecule has 2 unspecified atom stereocenters. The molecule has 0 bridgehead atoms. The fraction of sp³-hybridized carbons (Fsp3) is 0.429. The molecule has 1 rings (SSSR count). The van der Waals surface area contributed by atoms with Crippen molar-refractivity contribution in [2.75, 3.05) is 16.8 Å². The third-order valence-electron chi connectivity index (χ3n) is 3.24. The lowest BCUT2D eigenvalue weighted by molar-refractivity contribution is -0.241. The zero-order chi connectivity index (χ0) is 20.3. The van der Waals surface area contributed by atoms with Crippen molar-refractivity contribution >= 4 is 22.4 Å². The highest BCUT2D eigenvalue weighted by Gasteiger charge is 2.60. The number of rotatable bonds is 5. The molecule has 0 saturated heterocycles. The first kappa shape index (κ1) is 21.9. The maximum Gasteiger partial charge on any atom is 0.427 e. The molecular weight excluding hydrogens is 390 g/mol. The Hall–Kier alpha value is -2.13. The SMILES string of the molecule is CCS(=O)CC(O)(C(=O)Nc1ccc(C#N)c(C(F)(F)F)c1)C(F)(F)F. The fourth-order valence-corrected chi connectivity index (χ4v) is 2.76. The minimum absolute atomic E-state index is 0.268. The van der Waals surface area contributed by atoms with Crippen LogP contribution < -0.4 is 5.32 Å². The normalized spacial score (nSPS) is 15.7. The standard InChI is InChI=1S/C14H12F6N2O3S/c1-2-26(25)7-12(24,14(18,19)20)11(23)22-9-4-3-8(6-21)10(5-9)13(15,16)17/h3-5,24H,2,7H2,1H3,(H,22,23). The summed E-state index contributed by atoms with van der Waals surface area (Å²) in [7, 11) is -2.20. The molecule has 1 aromatic rings. The Kier molecular flexibility index (Phi) is 6.43. The monoisotopic (exact) mass is 402 g/mol. The van der Waals surface area contributed by atoms with E-state index in [-0.39, 0.29) is 11.8 Å². The van der Waals surface area contributed by atoms with Crippen LogP contribution in [0.25, 0.3) is 0 Å². The molecule has 0 spiro atoms. The van der Waals surface area contributed by atoms with E-state index in [0.717, 1.165) is 6.07 Å². The predicted molar refractivity (Wildman–Crippen MR) is 79.3 cm³/mol. The van der Waals surface area contributed by atoms with Crippen LogP contribution in [0.3, 0.4) is 0 Å². The Labute approximate surface area is 146 Å². The van der Waals surface area contributed by atoms with Gasteiger partial charge in [-0.05, 0) is 18.2 Å². The number of nitrogens with one attached hydrogen (secondary N) is 1. The average molecular weight is 402 g/mol. The summed E-state index contributed by atoms with van der Waals surface area (Å²) in [6, 6.07) is 2.98. The Balaban J connectivity index is 3.26. The van der Waals surface area contributed by atoms with Crippen molar-refractivity contribution in [3.63, 3.8) is 0 Å². The Morgan fingerprint density at radius 3 is 2.27 bits per heavy atom. The van der Waals surface area contributed by atoms with Gasteiger partial charge in [0.25, 0.3) is 11.5 Å². The molecule has 2 N–H and O–H groups in total. The van der Waals surface area contributed by atoms with E-state index < -0.39 is 57.2 Å². The van der Waals surface area contributed by atoms with Gasteiger partial charge in [-0.25, -0.2) is 0 Å². The number of alkyl halides is 6. The van der Waals surface area contributed by atoms with Crippen LogP contribution in [0.15, 0.2) is 18.2 Å². The predicted octanol–water partition coefficient (Wildman–Crippen LogP) is 2.58. The molecular formula is C14H12F6N2O3S. The Bertz CT molecular complexity index is 757.